The van der Waals surface area contributed by atoms with Crippen molar-refractivity contribution < 1.29 is 14.6 Å². The molecule has 0 unspecified atom stereocenters. The Morgan fingerprint density at radius 3 is 2.62 bits per heavy atom. The third-order valence-corrected chi connectivity index (χ3v) is 2.94. The molecule has 8 heteroatoms. The van der Waals surface area contributed by atoms with E-state index in [1.54, 1.807) is 0 Å². The molecule has 1 aromatic carbocycles. The predicted octanol–water partition coefficient (Wildman–Crippen LogP) is 1.38. The number of pyridine rings is 1. The Hall–Kier alpha value is -3.86. The molecular weight excluding hydrogens is 312 g/mol. The Labute approximate surface area is 135 Å². The van der Waals surface area contributed by atoms with E-state index in [9.17, 15) is 9.59 Å². The van der Waals surface area contributed by atoms with Crippen molar-refractivity contribution in [2.75, 3.05) is 0 Å². The third-order valence-electron chi connectivity index (χ3n) is 2.94. The molecule has 118 valence electrons. The lowest BCUT2D eigenvalue weighted by Gasteiger charge is -2.02. The monoisotopic (exact) mass is 322 g/mol. The van der Waals surface area contributed by atoms with Crippen LogP contribution in [0.3, 0.4) is 0 Å². The Morgan fingerprint density at radius 2 is 1.92 bits per heavy atom. The van der Waals surface area contributed by atoms with E-state index in [4.69, 9.17) is 9.84 Å². The van der Waals surface area contributed by atoms with Crippen molar-refractivity contribution in [3.63, 3.8) is 0 Å². The summed E-state index contributed by atoms with van der Waals surface area (Å²) >= 11 is 0. The molecule has 0 atom stereocenters. The Morgan fingerprint density at radius 1 is 1.12 bits per heavy atom. The fourth-order valence-corrected chi connectivity index (χ4v) is 1.81. The Bertz CT molecular complexity index is 996. The van der Waals surface area contributed by atoms with E-state index in [2.05, 4.69) is 32.2 Å². The van der Waals surface area contributed by atoms with Gasteiger partial charge in [0, 0.05) is 11.6 Å². The molecule has 0 fully saturated rings. The molecule has 2 heterocycles. The lowest BCUT2D eigenvalue weighted by molar-refractivity contribution is 0.0687. The zero-order valence-corrected chi connectivity index (χ0v) is 12.1. The van der Waals surface area contributed by atoms with Gasteiger partial charge in [0.2, 0.25) is 11.6 Å². The number of H-pyrrole nitrogens is 2. The van der Waals surface area contributed by atoms with Crippen LogP contribution in [0.2, 0.25) is 0 Å². The molecule has 3 N–H and O–H groups in total. The highest BCUT2D eigenvalue weighted by molar-refractivity contribution is 5.87. The SMILES string of the molecule is O=C(O)c1[nH]nnc1Oc1ccc(C#Cc2ccccc2)c(=O)[nH]1. The normalized spacial score (nSPS) is 9.83. The maximum Gasteiger partial charge on any atom is 0.359 e. The summed E-state index contributed by atoms with van der Waals surface area (Å²) in [7, 11) is 0. The molecule has 0 saturated heterocycles. The van der Waals surface area contributed by atoms with E-state index in [0.29, 0.717) is 0 Å². The number of nitrogens with zero attached hydrogens (tertiary/aromatic N) is 2. The first-order valence-corrected chi connectivity index (χ1v) is 6.76. The van der Waals surface area contributed by atoms with E-state index >= 15 is 0 Å². The second kappa shape index (κ2) is 6.50. The van der Waals surface area contributed by atoms with Crippen molar-refractivity contribution in [2.45, 2.75) is 0 Å². The molecule has 0 bridgehead atoms. The number of hydrogen-bond acceptors (Lipinski definition) is 5. The van der Waals surface area contributed by atoms with Gasteiger partial charge in [-0.05, 0) is 18.2 Å². The molecular formula is C16H10N4O4. The minimum atomic E-state index is -1.28. The number of carbonyl (C=O) groups is 1. The number of carboxylic acids is 1. The number of ether oxygens (including phenoxy) is 1. The van der Waals surface area contributed by atoms with Gasteiger partial charge in [0.05, 0.1) is 5.56 Å². The van der Waals surface area contributed by atoms with Gasteiger partial charge in [0.25, 0.3) is 11.4 Å². The van der Waals surface area contributed by atoms with E-state index in [0.717, 1.165) is 5.56 Å². The van der Waals surface area contributed by atoms with Crippen LogP contribution in [0.15, 0.2) is 47.3 Å². The van der Waals surface area contributed by atoms with Crippen LogP contribution in [0.1, 0.15) is 21.6 Å². The molecule has 3 rings (SSSR count). The number of aromatic carboxylic acids is 1. The summed E-state index contributed by atoms with van der Waals surface area (Å²) in [5.74, 6) is 4.15. The van der Waals surface area contributed by atoms with Gasteiger partial charge < -0.3 is 9.84 Å². The highest BCUT2D eigenvalue weighted by Crippen LogP contribution is 2.18. The average molecular weight is 322 g/mol. The van der Waals surface area contributed by atoms with Gasteiger partial charge in [-0.3, -0.25) is 9.78 Å². The van der Waals surface area contributed by atoms with Gasteiger partial charge in [-0.2, -0.15) is 0 Å². The number of rotatable bonds is 3. The predicted molar refractivity (Wildman–Crippen MR) is 82.9 cm³/mol. The van der Waals surface area contributed by atoms with Crippen molar-refractivity contribution in [3.8, 4) is 23.6 Å². The fourth-order valence-electron chi connectivity index (χ4n) is 1.81. The van der Waals surface area contributed by atoms with Crippen molar-refractivity contribution in [1.82, 2.24) is 20.4 Å². The lowest BCUT2D eigenvalue weighted by Crippen LogP contribution is -2.10. The summed E-state index contributed by atoms with van der Waals surface area (Å²) < 4.78 is 5.22. The zero-order chi connectivity index (χ0) is 16.9. The minimum Gasteiger partial charge on any atom is -0.476 e. The summed E-state index contributed by atoms with van der Waals surface area (Å²) in [5, 5.41) is 18.0. The number of aromatic nitrogens is 4. The highest BCUT2D eigenvalue weighted by atomic mass is 16.5. The van der Waals surface area contributed by atoms with Gasteiger partial charge in [-0.1, -0.05) is 40.4 Å². The maximum atomic E-state index is 12.0. The van der Waals surface area contributed by atoms with Gasteiger partial charge in [-0.25, -0.2) is 9.89 Å². The number of carboxylic acid groups (broad SMARTS) is 1. The second-order valence-electron chi connectivity index (χ2n) is 4.58. The first-order chi connectivity index (χ1) is 11.6. The van der Waals surface area contributed by atoms with E-state index < -0.39 is 11.5 Å². The van der Waals surface area contributed by atoms with E-state index in [1.807, 2.05) is 30.3 Å². The van der Waals surface area contributed by atoms with E-state index in [1.165, 1.54) is 12.1 Å². The minimum absolute atomic E-state index is 0.0293. The molecule has 8 nitrogen and oxygen atoms in total. The molecule has 3 aromatic rings. The van der Waals surface area contributed by atoms with Crippen molar-refractivity contribution >= 4 is 5.97 Å². The summed E-state index contributed by atoms with van der Waals surface area (Å²) in [6.45, 7) is 0. The number of aromatic amines is 2. The van der Waals surface area contributed by atoms with Crippen molar-refractivity contribution in [2.24, 2.45) is 0 Å². The smallest absolute Gasteiger partial charge is 0.359 e. The highest BCUT2D eigenvalue weighted by Gasteiger charge is 2.16. The van der Waals surface area contributed by atoms with Crippen LogP contribution >= 0.6 is 0 Å². The van der Waals surface area contributed by atoms with Crippen LogP contribution in [0, 0.1) is 11.8 Å². The molecule has 0 aliphatic heterocycles. The van der Waals surface area contributed by atoms with Crippen molar-refractivity contribution in [3.05, 3.63) is 69.6 Å². The molecule has 0 radical (unpaired) electrons. The van der Waals surface area contributed by atoms with Gasteiger partial charge in [-0.15, -0.1) is 0 Å². The molecule has 0 amide bonds. The second-order valence-corrected chi connectivity index (χ2v) is 4.58. The molecule has 24 heavy (non-hydrogen) atoms. The molecule has 0 saturated carbocycles. The van der Waals surface area contributed by atoms with Crippen LogP contribution in [-0.4, -0.2) is 31.5 Å². The molecule has 0 aliphatic rings. The van der Waals surface area contributed by atoms with Crippen LogP contribution in [0.5, 0.6) is 11.8 Å². The quantitative estimate of drug-likeness (QED) is 0.626. The van der Waals surface area contributed by atoms with Crippen molar-refractivity contribution in [1.29, 1.82) is 0 Å². The number of nitrogens with one attached hydrogen (secondary N) is 2. The van der Waals surface area contributed by atoms with Crippen LogP contribution in [-0.2, 0) is 0 Å². The van der Waals surface area contributed by atoms with Gasteiger partial charge in [0.15, 0.2) is 0 Å². The zero-order valence-electron chi connectivity index (χ0n) is 12.1. The Balaban J connectivity index is 1.83. The average Bonchev–Trinajstić information content (AvgIpc) is 3.03. The third kappa shape index (κ3) is 3.31. The largest absolute Gasteiger partial charge is 0.476 e. The molecule has 0 spiro atoms. The molecule has 0 aliphatic carbocycles. The number of benzene rings is 1. The fraction of sp³-hybridized carbons (Fsp3) is 0. The standard InChI is InChI=1S/C16H10N4O4/c21-14-11(7-6-10-4-2-1-3-5-10)8-9-12(17-14)24-15-13(16(22)23)18-20-19-15/h1-5,8-9H,(H,17,21)(H,22,23)(H,18,19,20). The van der Waals surface area contributed by atoms with E-state index in [-0.39, 0.29) is 23.0 Å². The van der Waals surface area contributed by atoms with Crippen LogP contribution in [0.4, 0.5) is 0 Å². The summed E-state index contributed by atoms with van der Waals surface area (Å²) in [5.41, 5.74) is 0.260. The van der Waals surface area contributed by atoms with Gasteiger partial charge in [0.1, 0.15) is 0 Å². The Kier molecular flexibility index (Phi) is 4.07. The topological polar surface area (TPSA) is 121 Å². The first-order valence-electron chi connectivity index (χ1n) is 6.76. The van der Waals surface area contributed by atoms with Crippen LogP contribution < -0.4 is 10.3 Å². The number of hydrogen-bond donors (Lipinski definition) is 3. The first kappa shape index (κ1) is 15.1. The maximum absolute atomic E-state index is 12.0. The summed E-state index contributed by atoms with van der Waals surface area (Å²) in [6, 6.07) is 12.2. The summed E-state index contributed by atoms with van der Waals surface area (Å²) in [4.78, 5) is 25.4. The molecule has 2 aromatic heterocycles. The lowest BCUT2D eigenvalue weighted by atomic mass is 10.2. The van der Waals surface area contributed by atoms with Gasteiger partial charge >= 0.3 is 5.97 Å². The van der Waals surface area contributed by atoms with Crippen LogP contribution in [0.25, 0.3) is 0 Å². The summed E-state index contributed by atoms with van der Waals surface area (Å²) in [6.07, 6.45) is 0.